The lowest BCUT2D eigenvalue weighted by atomic mass is 10.1. The number of ether oxygens (including phenoxy) is 1. The fraction of sp³-hybridized carbons (Fsp3) is 0.111. The summed E-state index contributed by atoms with van der Waals surface area (Å²) in [7, 11) is 1.47. The van der Waals surface area contributed by atoms with Crippen molar-refractivity contribution in [1.82, 2.24) is 10.2 Å². The average Bonchev–Trinajstić information content (AvgIpc) is 3.17. The maximum absolute atomic E-state index is 12.5. The van der Waals surface area contributed by atoms with Gasteiger partial charge in [0.1, 0.15) is 16.6 Å². The molecule has 2 N–H and O–H groups in total. The van der Waals surface area contributed by atoms with Gasteiger partial charge in [0, 0.05) is 11.1 Å². The topological polar surface area (TPSA) is 93.2 Å². The van der Waals surface area contributed by atoms with E-state index in [9.17, 15) is 9.59 Å². The van der Waals surface area contributed by atoms with Crippen molar-refractivity contribution in [2.45, 2.75) is 0 Å². The molecule has 0 saturated heterocycles. The number of methoxy groups -OCH3 is 1. The number of halogens is 1. The maximum Gasteiger partial charge on any atom is 0.257 e. The van der Waals surface area contributed by atoms with Crippen LogP contribution in [0.3, 0.4) is 0 Å². The van der Waals surface area contributed by atoms with Crippen LogP contribution >= 0.6 is 22.9 Å². The predicted octanol–water partition coefficient (Wildman–Crippen LogP) is 3.64. The third kappa shape index (κ3) is 4.60. The van der Waals surface area contributed by atoms with E-state index in [0.717, 1.165) is 5.56 Å². The van der Waals surface area contributed by atoms with E-state index in [1.54, 1.807) is 12.1 Å². The van der Waals surface area contributed by atoms with Crippen molar-refractivity contribution in [1.29, 1.82) is 0 Å². The summed E-state index contributed by atoms with van der Waals surface area (Å²) in [6.45, 7) is 0. The molecule has 0 unspecified atom stereocenters. The summed E-state index contributed by atoms with van der Waals surface area (Å²) in [5.74, 6) is -0.557. The number of benzene rings is 2. The standard InChI is InChI=1S/C18H15ClN4O3S/c1-26-14-8-7-12(9-13(14)20-15(24)10-19)16(25)21-18-23-22-17(27-18)11-5-3-2-4-6-11/h2-9H,10H2,1H3,(H,20,24)(H,21,23,25). The average molecular weight is 403 g/mol. The normalized spacial score (nSPS) is 10.3. The minimum absolute atomic E-state index is 0.202. The molecule has 0 aliphatic carbocycles. The second-order valence-corrected chi connectivity index (χ2v) is 6.57. The lowest BCUT2D eigenvalue weighted by molar-refractivity contribution is -0.113. The maximum atomic E-state index is 12.5. The van der Waals surface area contributed by atoms with Crippen molar-refractivity contribution < 1.29 is 14.3 Å². The Morgan fingerprint density at radius 2 is 1.89 bits per heavy atom. The second-order valence-electron chi connectivity index (χ2n) is 5.33. The highest BCUT2D eigenvalue weighted by molar-refractivity contribution is 7.18. The fourth-order valence-corrected chi connectivity index (χ4v) is 3.08. The Morgan fingerprint density at radius 3 is 2.59 bits per heavy atom. The second kappa shape index (κ2) is 8.61. The largest absolute Gasteiger partial charge is 0.495 e. The predicted molar refractivity (Wildman–Crippen MR) is 106 cm³/mol. The SMILES string of the molecule is COc1ccc(C(=O)Nc2nnc(-c3ccccc3)s2)cc1NC(=O)CCl. The number of anilines is 2. The summed E-state index contributed by atoms with van der Waals surface area (Å²) in [5.41, 5.74) is 1.61. The summed E-state index contributed by atoms with van der Waals surface area (Å²) in [6.07, 6.45) is 0. The summed E-state index contributed by atoms with van der Waals surface area (Å²) in [4.78, 5) is 24.1. The van der Waals surface area contributed by atoms with Crippen LogP contribution < -0.4 is 15.4 Å². The molecule has 0 spiro atoms. The van der Waals surface area contributed by atoms with Gasteiger partial charge in [-0.3, -0.25) is 14.9 Å². The van der Waals surface area contributed by atoms with Gasteiger partial charge in [-0.1, -0.05) is 41.7 Å². The molecule has 27 heavy (non-hydrogen) atoms. The Bertz CT molecular complexity index is 962. The van der Waals surface area contributed by atoms with Gasteiger partial charge in [-0.2, -0.15) is 0 Å². The number of amides is 2. The van der Waals surface area contributed by atoms with E-state index in [-0.39, 0.29) is 11.8 Å². The zero-order chi connectivity index (χ0) is 19.2. The molecule has 0 atom stereocenters. The van der Waals surface area contributed by atoms with Gasteiger partial charge in [-0.15, -0.1) is 21.8 Å². The smallest absolute Gasteiger partial charge is 0.257 e. The van der Waals surface area contributed by atoms with E-state index >= 15 is 0 Å². The monoisotopic (exact) mass is 402 g/mol. The van der Waals surface area contributed by atoms with E-state index < -0.39 is 5.91 Å². The molecule has 138 valence electrons. The first kappa shape index (κ1) is 18.8. The molecule has 2 aromatic carbocycles. The Labute approximate surface area is 164 Å². The van der Waals surface area contributed by atoms with Crippen LogP contribution in [0, 0.1) is 0 Å². The van der Waals surface area contributed by atoms with Crippen LogP contribution in [0.1, 0.15) is 10.4 Å². The number of nitrogens with zero attached hydrogens (tertiary/aromatic N) is 2. The quantitative estimate of drug-likeness (QED) is 0.614. The summed E-state index contributed by atoms with van der Waals surface area (Å²) >= 11 is 6.78. The van der Waals surface area contributed by atoms with Crippen LogP contribution in [-0.2, 0) is 4.79 Å². The first-order valence-corrected chi connectivity index (χ1v) is 9.20. The van der Waals surface area contributed by atoms with Gasteiger partial charge in [0.15, 0.2) is 0 Å². The number of carbonyl (C=O) groups is 2. The third-order valence-electron chi connectivity index (χ3n) is 3.52. The van der Waals surface area contributed by atoms with Crippen LogP contribution in [0.25, 0.3) is 10.6 Å². The van der Waals surface area contributed by atoms with Gasteiger partial charge in [0.05, 0.1) is 12.8 Å². The van der Waals surface area contributed by atoms with Crippen LogP contribution in [0.2, 0.25) is 0 Å². The molecule has 0 radical (unpaired) electrons. The summed E-state index contributed by atoms with van der Waals surface area (Å²) in [5, 5.41) is 14.5. The number of aromatic nitrogens is 2. The molecule has 3 aromatic rings. The van der Waals surface area contributed by atoms with Crippen LogP contribution in [0.4, 0.5) is 10.8 Å². The molecule has 7 nitrogen and oxygen atoms in total. The minimum atomic E-state index is -0.399. The molecule has 1 heterocycles. The molecule has 0 fully saturated rings. The molecular weight excluding hydrogens is 388 g/mol. The van der Waals surface area contributed by atoms with E-state index in [4.69, 9.17) is 16.3 Å². The van der Waals surface area contributed by atoms with E-state index in [1.807, 2.05) is 30.3 Å². The van der Waals surface area contributed by atoms with Gasteiger partial charge in [-0.25, -0.2) is 0 Å². The van der Waals surface area contributed by atoms with Gasteiger partial charge in [0.25, 0.3) is 5.91 Å². The lowest BCUT2D eigenvalue weighted by Crippen LogP contribution is -2.16. The van der Waals surface area contributed by atoms with Crippen LogP contribution in [-0.4, -0.2) is 35.0 Å². The van der Waals surface area contributed by atoms with E-state index in [0.29, 0.717) is 27.1 Å². The highest BCUT2D eigenvalue weighted by Crippen LogP contribution is 2.28. The van der Waals surface area contributed by atoms with Gasteiger partial charge >= 0.3 is 0 Å². The van der Waals surface area contributed by atoms with E-state index in [1.165, 1.54) is 24.5 Å². The zero-order valence-electron chi connectivity index (χ0n) is 14.2. The fourth-order valence-electron chi connectivity index (χ4n) is 2.27. The van der Waals surface area contributed by atoms with Gasteiger partial charge in [-0.05, 0) is 18.2 Å². The molecule has 0 aliphatic rings. The van der Waals surface area contributed by atoms with E-state index in [2.05, 4.69) is 20.8 Å². The number of alkyl halides is 1. The van der Waals surface area contributed by atoms with Crippen molar-refractivity contribution in [2.75, 3.05) is 23.6 Å². The Kier molecular flexibility index (Phi) is 6.00. The van der Waals surface area contributed by atoms with Gasteiger partial charge < -0.3 is 10.1 Å². The van der Waals surface area contributed by atoms with Crippen molar-refractivity contribution in [3.8, 4) is 16.3 Å². The van der Waals surface area contributed by atoms with Crippen LogP contribution in [0.5, 0.6) is 5.75 Å². The molecule has 3 rings (SSSR count). The molecular formula is C18H15ClN4O3S. The Balaban J connectivity index is 1.77. The molecule has 1 aromatic heterocycles. The summed E-state index contributed by atoms with van der Waals surface area (Å²) < 4.78 is 5.19. The van der Waals surface area contributed by atoms with Crippen molar-refractivity contribution in [3.63, 3.8) is 0 Å². The molecule has 0 saturated carbocycles. The summed E-state index contributed by atoms with van der Waals surface area (Å²) in [6, 6.07) is 14.3. The third-order valence-corrected chi connectivity index (χ3v) is 4.65. The van der Waals surface area contributed by atoms with Crippen molar-refractivity contribution in [2.24, 2.45) is 0 Å². The molecule has 0 bridgehead atoms. The number of rotatable bonds is 6. The Morgan fingerprint density at radius 1 is 1.11 bits per heavy atom. The molecule has 9 heteroatoms. The molecule has 0 aliphatic heterocycles. The first-order chi connectivity index (χ1) is 13.1. The van der Waals surface area contributed by atoms with Gasteiger partial charge in [0.2, 0.25) is 11.0 Å². The lowest BCUT2D eigenvalue weighted by Gasteiger charge is -2.11. The molecule has 2 amide bonds. The number of hydrogen-bond acceptors (Lipinski definition) is 6. The number of nitrogens with one attached hydrogen (secondary N) is 2. The van der Waals surface area contributed by atoms with Crippen LogP contribution in [0.15, 0.2) is 48.5 Å². The number of carbonyl (C=O) groups excluding carboxylic acids is 2. The minimum Gasteiger partial charge on any atom is -0.495 e. The first-order valence-electron chi connectivity index (χ1n) is 7.85. The highest BCUT2D eigenvalue weighted by Gasteiger charge is 2.14. The van der Waals surface area contributed by atoms with Crippen molar-refractivity contribution >= 4 is 45.6 Å². The zero-order valence-corrected chi connectivity index (χ0v) is 15.8. The van der Waals surface area contributed by atoms with Crippen molar-refractivity contribution in [3.05, 3.63) is 54.1 Å². The number of hydrogen-bond donors (Lipinski definition) is 2. The Hall–Kier alpha value is -2.97. The highest BCUT2D eigenvalue weighted by atomic mass is 35.5.